The highest BCUT2D eigenvalue weighted by atomic mass is 32.1. The van der Waals surface area contributed by atoms with E-state index in [2.05, 4.69) is 15.2 Å². The van der Waals surface area contributed by atoms with Gasteiger partial charge in [-0.25, -0.2) is 13.8 Å². The summed E-state index contributed by atoms with van der Waals surface area (Å²) in [7, 11) is 0. The first-order valence-corrected chi connectivity index (χ1v) is 9.78. The van der Waals surface area contributed by atoms with Gasteiger partial charge in [-0.2, -0.15) is 0 Å². The van der Waals surface area contributed by atoms with E-state index < -0.39 is 11.6 Å². The highest BCUT2D eigenvalue weighted by Crippen LogP contribution is 2.29. The van der Waals surface area contributed by atoms with Crippen LogP contribution in [0.5, 0.6) is 0 Å². The Bertz CT molecular complexity index is 940. The fourth-order valence-electron chi connectivity index (χ4n) is 2.90. The molecule has 1 aliphatic rings. The number of halogens is 2. The Balaban J connectivity index is 1.43. The van der Waals surface area contributed by atoms with Crippen LogP contribution in [0.3, 0.4) is 0 Å². The standard InChI is InChI=1S/C18H15F2N3OS2/c19-12-4-3-11(8-13(12)20)9-23-6-5-14-16(10-23)26-18(21-14)22-17(24)15-2-1-7-25-15/h1-4,7-8H,5-6,9-10H2,(H,21,22,24). The molecule has 4 rings (SSSR count). The molecule has 4 nitrogen and oxygen atoms in total. The molecule has 26 heavy (non-hydrogen) atoms. The van der Waals surface area contributed by atoms with Gasteiger partial charge in [-0.15, -0.1) is 22.7 Å². The topological polar surface area (TPSA) is 45.2 Å². The number of anilines is 1. The molecule has 0 aliphatic carbocycles. The van der Waals surface area contributed by atoms with Crippen LogP contribution in [0.15, 0.2) is 35.7 Å². The number of rotatable bonds is 4. The van der Waals surface area contributed by atoms with Gasteiger partial charge in [-0.05, 0) is 29.1 Å². The van der Waals surface area contributed by atoms with Crippen LogP contribution in [0.25, 0.3) is 0 Å². The van der Waals surface area contributed by atoms with Crippen LogP contribution in [-0.4, -0.2) is 22.3 Å². The zero-order valence-corrected chi connectivity index (χ0v) is 15.3. The van der Waals surface area contributed by atoms with Gasteiger partial charge in [0.05, 0.1) is 10.6 Å². The highest BCUT2D eigenvalue weighted by molar-refractivity contribution is 7.16. The third kappa shape index (κ3) is 3.67. The van der Waals surface area contributed by atoms with Gasteiger partial charge in [0, 0.05) is 30.9 Å². The quantitative estimate of drug-likeness (QED) is 0.722. The van der Waals surface area contributed by atoms with Crippen LogP contribution in [0.4, 0.5) is 13.9 Å². The third-order valence-electron chi connectivity index (χ3n) is 4.17. The van der Waals surface area contributed by atoms with Crippen molar-refractivity contribution < 1.29 is 13.6 Å². The Hall–Kier alpha value is -2.16. The first-order valence-electron chi connectivity index (χ1n) is 8.08. The smallest absolute Gasteiger partial charge is 0.267 e. The molecule has 1 N–H and O–H groups in total. The maximum absolute atomic E-state index is 13.4. The largest absolute Gasteiger partial charge is 0.297 e. The number of aromatic nitrogens is 1. The molecule has 3 heterocycles. The van der Waals surface area contributed by atoms with Crippen molar-refractivity contribution in [3.05, 3.63) is 68.4 Å². The zero-order valence-electron chi connectivity index (χ0n) is 13.7. The fourth-order valence-corrected chi connectivity index (χ4v) is 4.56. The van der Waals surface area contributed by atoms with Crippen LogP contribution in [0.1, 0.15) is 25.8 Å². The molecule has 0 saturated heterocycles. The van der Waals surface area contributed by atoms with Crippen molar-refractivity contribution >= 4 is 33.7 Å². The maximum Gasteiger partial charge on any atom is 0.267 e. The molecule has 3 aromatic rings. The number of thiazole rings is 1. The zero-order chi connectivity index (χ0) is 18.1. The van der Waals surface area contributed by atoms with E-state index in [1.165, 1.54) is 28.7 Å². The molecule has 1 amide bonds. The molecule has 0 unspecified atom stereocenters. The van der Waals surface area contributed by atoms with Gasteiger partial charge in [-0.1, -0.05) is 12.1 Å². The molecule has 0 saturated carbocycles. The number of nitrogens with one attached hydrogen (secondary N) is 1. The van der Waals surface area contributed by atoms with E-state index in [1.807, 2.05) is 11.4 Å². The minimum atomic E-state index is -0.830. The van der Waals surface area contributed by atoms with E-state index in [1.54, 1.807) is 12.1 Å². The average Bonchev–Trinajstić information content (AvgIpc) is 3.27. The summed E-state index contributed by atoms with van der Waals surface area (Å²) in [5, 5.41) is 5.31. The van der Waals surface area contributed by atoms with Crippen molar-refractivity contribution in [1.29, 1.82) is 0 Å². The van der Waals surface area contributed by atoms with Crippen molar-refractivity contribution in [1.82, 2.24) is 9.88 Å². The lowest BCUT2D eigenvalue weighted by atomic mass is 10.1. The molecule has 0 radical (unpaired) electrons. The molecule has 8 heteroatoms. The average molecular weight is 391 g/mol. The minimum absolute atomic E-state index is 0.148. The molecular formula is C18H15F2N3OS2. The summed E-state index contributed by atoms with van der Waals surface area (Å²) in [6.45, 7) is 2.01. The first-order chi connectivity index (χ1) is 12.6. The SMILES string of the molecule is O=C(Nc1nc2c(s1)CN(Cc1ccc(F)c(F)c1)CC2)c1cccs1. The second-order valence-corrected chi connectivity index (χ2v) is 8.06. The van der Waals surface area contributed by atoms with E-state index in [-0.39, 0.29) is 5.91 Å². The van der Waals surface area contributed by atoms with Gasteiger partial charge in [0.25, 0.3) is 5.91 Å². The Morgan fingerprint density at radius 1 is 1.27 bits per heavy atom. The van der Waals surface area contributed by atoms with Crippen molar-refractivity contribution in [2.75, 3.05) is 11.9 Å². The number of fused-ring (bicyclic) bond motifs is 1. The second kappa shape index (κ2) is 7.22. The van der Waals surface area contributed by atoms with Gasteiger partial charge in [0.1, 0.15) is 0 Å². The first kappa shape index (κ1) is 17.3. The lowest BCUT2D eigenvalue weighted by molar-refractivity contribution is 0.103. The van der Waals surface area contributed by atoms with Crippen LogP contribution in [0.2, 0.25) is 0 Å². The van der Waals surface area contributed by atoms with E-state index in [0.717, 1.165) is 35.2 Å². The number of benzene rings is 1. The van der Waals surface area contributed by atoms with Crippen LogP contribution in [0, 0.1) is 11.6 Å². The fraction of sp³-hybridized carbons (Fsp3) is 0.222. The predicted octanol–water partition coefficient (Wildman–Crippen LogP) is 4.29. The van der Waals surface area contributed by atoms with Gasteiger partial charge in [0.2, 0.25) is 0 Å². The molecule has 0 atom stereocenters. The Labute approximate surface area is 157 Å². The summed E-state index contributed by atoms with van der Waals surface area (Å²) in [6.07, 6.45) is 0.768. The van der Waals surface area contributed by atoms with Gasteiger partial charge >= 0.3 is 0 Å². The summed E-state index contributed by atoms with van der Waals surface area (Å²) < 4.78 is 26.4. The molecule has 2 aromatic heterocycles. The maximum atomic E-state index is 13.4. The van der Waals surface area contributed by atoms with Crippen molar-refractivity contribution in [2.45, 2.75) is 19.5 Å². The number of carbonyl (C=O) groups excluding carboxylic acids is 1. The number of nitrogens with zero attached hydrogens (tertiary/aromatic N) is 2. The molecule has 134 valence electrons. The number of hydrogen-bond donors (Lipinski definition) is 1. The lowest BCUT2D eigenvalue weighted by Gasteiger charge is -2.25. The number of hydrogen-bond acceptors (Lipinski definition) is 5. The summed E-state index contributed by atoms with van der Waals surface area (Å²) >= 11 is 2.85. The van der Waals surface area contributed by atoms with E-state index in [0.29, 0.717) is 23.1 Å². The monoisotopic (exact) mass is 391 g/mol. The van der Waals surface area contributed by atoms with Crippen LogP contribution in [-0.2, 0) is 19.5 Å². The van der Waals surface area contributed by atoms with E-state index >= 15 is 0 Å². The minimum Gasteiger partial charge on any atom is -0.297 e. The van der Waals surface area contributed by atoms with Gasteiger partial charge in [-0.3, -0.25) is 15.0 Å². The molecule has 1 aromatic carbocycles. The van der Waals surface area contributed by atoms with Gasteiger partial charge in [0.15, 0.2) is 16.8 Å². The Morgan fingerprint density at radius 2 is 2.15 bits per heavy atom. The van der Waals surface area contributed by atoms with Crippen molar-refractivity contribution in [2.24, 2.45) is 0 Å². The normalized spacial score (nSPS) is 14.2. The molecular weight excluding hydrogens is 376 g/mol. The van der Waals surface area contributed by atoms with Crippen molar-refractivity contribution in [3.8, 4) is 0 Å². The van der Waals surface area contributed by atoms with Crippen LogP contribution >= 0.6 is 22.7 Å². The number of thiophene rings is 1. The summed E-state index contributed by atoms with van der Waals surface area (Å²) in [5.41, 5.74) is 1.74. The highest BCUT2D eigenvalue weighted by Gasteiger charge is 2.22. The van der Waals surface area contributed by atoms with Crippen LogP contribution < -0.4 is 5.32 Å². The summed E-state index contributed by atoms with van der Waals surface area (Å²) in [4.78, 5) is 20.6. The second-order valence-electron chi connectivity index (χ2n) is 6.03. The molecule has 0 bridgehead atoms. The third-order valence-corrected chi connectivity index (χ3v) is 6.03. The number of carbonyl (C=O) groups is 1. The number of amides is 1. The van der Waals surface area contributed by atoms with E-state index in [9.17, 15) is 13.6 Å². The Kier molecular flexibility index (Phi) is 4.80. The molecule has 0 spiro atoms. The Morgan fingerprint density at radius 3 is 2.92 bits per heavy atom. The molecule has 0 fully saturated rings. The van der Waals surface area contributed by atoms with E-state index in [4.69, 9.17) is 0 Å². The summed E-state index contributed by atoms with van der Waals surface area (Å²) in [6, 6.07) is 7.61. The molecule has 1 aliphatic heterocycles. The predicted molar refractivity (Wildman–Crippen MR) is 98.6 cm³/mol. The summed E-state index contributed by atoms with van der Waals surface area (Å²) in [5.74, 6) is -1.80. The van der Waals surface area contributed by atoms with Gasteiger partial charge < -0.3 is 0 Å². The van der Waals surface area contributed by atoms with Crippen molar-refractivity contribution in [3.63, 3.8) is 0 Å². The lowest BCUT2D eigenvalue weighted by Crippen LogP contribution is -2.29.